The van der Waals surface area contributed by atoms with Gasteiger partial charge in [-0.3, -0.25) is 0 Å². The third kappa shape index (κ3) is 3.36. The number of thiophene rings is 1. The van der Waals surface area contributed by atoms with Crippen LogP contribution in [0.4, 0.5) is 17.8 Å². The van der Waals surface area contributed by atoms with Gasteiger partial charge in [0.2, 0.25) is 17.8 Å². The average Bonchev–Trinajstić information content (AvgIpc) is 2.88. The van der Waals surface area contributed by atoms with E-state index in [9.17, 15) is 0 Å². The van der Waals surface area contributed by atoms with Crippen LogP contribution in [0.15, 0.2) is 17.5 Å². The zero-order chi connectivity index (χ0) is 14.7. The Morgan fingerprint density at radius 2 is 2.00 bits per heavy atom. The summed E-state index contributed by atoms with van der Waals surface area (Å²) >= 11 is 1.72. The molecule has 0 amide bonds. The number of rotatable bonds is 5. The standard InChI is InChI=1S/C13H20N6S/c1-8(2)10(9-6-5-7-20-9)15-12-16-11(14)17-13(18-12)19(3)4/h5-8,10H,1-4H3,(H3,14,15,16,17,18). The molecule has 2 aromatic rings. The Bertz CT molecular complexity index is 552. The minimum atomic E-state index is 0.159. The van der Waals surface area contributed by atoms with Crippen molar-refractivity contribution in [2.45, 2.75) is 19.9 Å². The zero-order valence-corrected chi connectivity index (χ0v) is 13.0. The first-order valence-corrected chi connectivity index (χ1v) is 7.34. The van der Waals surface area contributed by atoms with E-state index in [1.807, 2.05) is 20.2 Å². The third-order valence-electron chi connectivity index (χ3n) is 2.84. The van der Waals surface area contributed by atoms with Crippen molar-refractivity contribution in [2.75, 3.05) is 30.0 Å². The number of hydrogen-bond donors (Lipinski definition) is 2. The molecule has 2 rings (SSSR count). The number of hydrogen-bond acceptors (Lipinski definition) is 7. The Morgan fingerprint density at radius 3 is 2.55 bits per heavy atom. The first-order valence-electron chi connectivity index (χ1n) is 6.46. The molecule has 20 heavy (non-hydrogen) atoms. The fourth-order valence-electron chi connectivity index (χ4n) is 1.82. The maximum Gasteiger partial charge on any atom is 0.231 e. The van der Waals surface area contributed by atoms with Crippen molar-refractivity contribution >= 4 is 29.2 Å². The topological polar surface area (TPSA) is 80.0 Å². The minimum Gasteiger partial charge on any atom is -0.368 e. The average molecular weight is 292 g/mol. The van der Waals surface area contributed by atoms with Gasteiger partial charge < -0.3 is 16.0 Å². The van der Waals surface area contributed by atoms with Gasteiger partial charge in [-0.2, -0.15) is 15.0 Å². The number of aromatic nitrogens is 3. The van der Waals surface area contributed by atoms with Crippen molar-refractivity contribution in [2.24, 2.45) is 5.92 Å². The van der Waals surface area contributed by atoms with Crippen LogP contribution in [0.2, 0.25) is 0 Å². The second-order valence-electron chi connectivity index (χ2n) is 5.09. The molecule has 1 atom stereocenters. The van der Waals surface area contributed by atoms with Crippen LogP contribution in [0.1, 0.15) is 24.8 Å². The van der Waals surface area contributed by atoms with E-state index in [1.54, 1.807) is 16.2 Å². The molecule has 0 aliphatic rings. The van der Waals surface area contributed by atoms with Crippen molar-refractivity contribution in [3.05, 3.63) is 22.4 Å². The summed E-state index contributed by atoms with van der Waals surface area (Å²) in [7, 11) is 3.75. The van der Waals surface area contributed by atoms with Gasteiger partial charge in [-0.25, -0.2) is 0 Å². The summed E-state index contributed by atoms with van der Waals surface area (Å²) in [4.78, 5) is 15.7. The van der Waals surface area contributed by atoms with E-state index in [0.29, 0.717) is 17.8 Å². The summed E-state index contributed by atoms with van der Waals surface area (Å²) in [5, 5.41) is 5.43. The lowest BCUT2D eigenvalue weighted by atomic mass is 10.0. The molecule has 0 saturated carbocycles. The van der Waals surface area contributed by atoms with E-state index in [-0.39, 0.29) is 12.0 Å². The molecule has 0 fully saturated rings. The molecule has 108 valence electrons. The van der Waals surface area contributed by atoms with Crippen LogP contribution in [-0.2, 0) is 0 Å². The Balaban J connectivity index is 2.27. The molecule has 0 aliphatic heterocycles. The van der Waals surface area contributed by atoms with Crippen LogP contribution in [0, 0.1) is 5.92 Å². The molecule has 0 aromatic carbocycles. The number of nitrogens with one attached hydrogen (secondary N) is 1. The lowest BCUT2D eigenvalue weighted by Crippen LogP contribution is -2.20. The molecule has 1 unspecified atom stereocenters. The fraction of sp³-hybridized carbons (Fsp3) is 0.462. The number of anilines is 3. The van der Waals surface area contributed by atoms with E-state index >= 15 is 0 Å². The molecule has 0 saturated heterocycles. The van der Waals surface area contributed by atoms with Gasteiger partial charge in [-0.15, -0.1) is 11.3 Å². The van der Waals surface area contributed by atoms with Gasteiger partial charge in [0, 0.05) is 19.0 Å². The SMILES string of the molecule is CC(C)C(Nc1nc(N)nc(N(C)C)n1)c1cccs1. The second-order valence-corrected chi connectivity index (χ2v) is 6.07. The lowest BCUT2D eigenvalue weighted by molar-refractivity contribution is 0.550. The normalized spacial score (nSPS) is 12.4. The van der Waals surface area contributed by atoms with Crippen LogP contribution in [-0.4, -0.2) is 29.0 Å². The maximum atomic E-state index is 5.74. The Labute approximate surface area is 123 Å². The third-order valence-corrected chi connectivity index (χ3v) is 3.80. The molecular weight excluding hydrogens is 272 g/mol. The van der Waals surface area contributed by atoms with Crippen molar-refractivity contribution in [1.82, 2.24) is 15.0 Å². The molecule has 6 nitrogen and oxygen atoms in total. The van der Waals surface area contributed by atoms with Crippen molar-refractivity contribution in [3.63, 3.8) is 0 Å². The predicted octanol–water partition coefficient (Wildman–Crippen LogP) is 2.39. The zero-order valence-electron chi connectivity index (χ0n) is 12.2. The Kier molecular flexibility index (Phi) is 4.39. The summed E-state index contributed by atoms with van der Waals surface area (Å²) in [5.41, 5.74) is 5.74. The van der Waals surface area contributed by atoms with Crippen molar-refractivity contribution in [3.8, 4) is 0 Å². The van der Waals surface area contributed by atoms with Gasteiger partial charge in [-0.1, -0.05) is 19.9 Å². The number of nitrogens with zero attached hydrogens (tertiary/aromatic N) is 4. The number of nitrogen functional groups attached to an aromatic ring is 1. The fourth-order valence-corrected chi connectivity index (χ4v) is 2.77. The summed E-state index contributed by atoms with van der Waals surface area (Å²) < 4.78 is 0. The minimum absolute atomic E-state index is 0.159. The quantitative estimate of drug-likeness (QED) is 0.881. The Hall–Kier alpha value is -1.89. The summed E-state index contributed by atoms with van der Waals surface area (Å²) in [6.45, 7) is 4.32. The largest absolute Gasteiger partial charge is 0.368 e. The molecule has 0 aliphatic carbocycles. The maximum absolute atomic E-state index is 5.74. The molecule has 0 spiro atoms. The van der Waals surface area contributed by atoms with Gasteiger partial charge in [0.05, 0.1) is 6.04 Å². The molecule has 0 radical (unpaired) electrons. The molecule has 7 heteroatoms. The van der Waals surface area contributed by atoms with Gasteiger partial charge in [0.15, 0.2) is 0 Å². The van der Waals surface area contributed by atoms with Gasteiger partial charge in [0.25, 0.3) is 0 Å². The first-order chi connectivity index (χ1) is 9.47. The van der Waals surface area contributed by atoms with E-state index in [4.69, 9.17) is 5.73 Å². The van der Waals surface area contributed by atoms with Crippen molar-refractivity contribution in [1.29, 1.82) is 0 Å². The van der Waals surface area contributed by atoms with Crippen LogP contribution < -0.4 is 16.0 Å². The molecule has 0 bridgehead atoms. The molecule has 2 heterocycles. The molecule has 3 N–H and O–H groups in total. The summed E-state index contributed by atoms with van der Waals surface area (Å²) in [6, 6.07) is 4.32. The number of nitrogens with two attached hydrogens (primary N) is 1. The van der Waals surface area contributed by atoms with Crippen molar-refractivity contribution < 1.29 is 0 Å². The molecule has 2 aromatic heterocycles. The summed E-state index contributed by atoms with van der Waals surface area (Å²) in [5.74, 6) is 1.69. The van der Waals surface area contributed by atoms with E-state index in [2.05, 4.69) is 45.6 Å². The van der Waals surface area contributed by atoms with Crippen LogP contribution >= 0.6 is 11.3 Å². The highest BCUT2D eigenvalue weighted by Gasteiger charge is 2.18. The predicted molar refractivity (Wildman–Crippen MR) is 84.1 cm³/mol. The van der Waals surface area contributed by atoms with Gasteiger partial charge in [-0.05, 0) is 17.4 Å². The lowest BCUT2D eigenvalue weighted by Gasteiger charge is -2.22. The second kappa shape index (κ2) is 6.04. The van der Waals surface area contributed by atoms with E-state index < -0.39 is 0 Å². The highest BCUT2D eigenvalue weighted by molar-refractivity contribution is 7.10. The highest BCUT2D eigenvalue weighted by Crippen LogP contribution is 2.29. The smallest absolute Gasteiger partial charge is 0.231 e. The van der Waals surface area contributed by atoms with Crippen LogP contribution in [0.5, 0.6) is 0 Å². The van der Waals surface area contributed by atoms with E-state index in [0.717, 1.165) is 0 Å². The molecular formula is C13H20N6S. The van der Waals surface area contributed by atoms with Crippen LogP contribution in [0.25, 0.3) is 0 Å². The summed E-state index contributed by atoms with van der Waals surface area (Å²) in [6.07, 6.45) is 0. The Morgan fingerprint density at radius 1 is 1.25 bits per heavy atom. The van der Waals surface area contributed by atoms with E-state index in [1.165, 1.54) is 4.88 Å². The highest BCUT2D eigenvalue weighted by atomic mass is 32.1. The van der Waals surface area contributed by atoms with Gasteiger partial charge in [0.1, 0.15) is 0 Å². The first kappa shape index (κ1) is 14.5. The van der Waals surface area contributed by atoms with Crippen LogP contribution in [0.3, 0.4) is 0 Å². The van der Waals surface area contributed by atoms with Gasteiger partial charge >= 0.3 is 0 Å². The monoisotopic (exact) mass is 292 g/mol.